The molecule has 2 aliphatic rings. The second-order valence-corrected chi connectivity index (χ2v) is 8.77. The zero-order chi connectivity index (χ0) is 22.3. The van der Waals surface area contributed by atoms with E-state index < -0.39 is 0 Å². The third kappa shape index (κ3) is 5.58. The van der Waals surface area contributed by atoms with Gasteiger partial charge in [-0.1, -0.05) is 25.3 Å². The first-order chi connectivity index (χ1) is 15.6. The predicted octanol–water partition coefficient (Wildman–Crippen LogP) is 3.97. The van der Waals surface area contributed by atoms with Crippen LogP contribution in [-0.4, -0.2) is 35.7 Å². The van der Waals surface area contributed by atoms with Gasteiger partial charge in [-0.15, -0.1) is 0 Å². The Morgan fingerprint density at radius 1 is 0.906 bits per heavy atom. The van der Waals surface area contributed by atoms with Crippen molar-refractivity contribution in [2.24, 2.45) is 11.8 Å². The van der Waals surface area contributed by atoms with Gasteiger partial charge in [0.05, 0.1) is 12.8 Å². The molecule has 4 rings (SSSR count). The summed E-state index contributed by atoms with van der Waals surface area (Å²) in [5.74, 6) is 0.683. The van der Waals surface area contributed by atoms with E-state index >= 15 is 0 Å². The van der Waals surface area contributed by atoms with Crippen LogP contribution in [0.4, 0.5) is 5.69 Å². The van der Waals surface area contributed by atoms with Crippen LogP contribution in [0, 0.1) is 11.8 Å². The van der Waals surface area contributed by atoms with Gasteiger partial charge >= 0.3 is 0 Å². The lowest BCUT2D eigenvalue weighted by molar-refractivity contribution is -0.126. The second kappa shape index (κ2) is 10.5. The highest BCUT2D eigenvalue weighted by Gasteiger charge is 2.28. The standard InChI is InChI=1S/C25H31N3O4/c29-23(26-17-22-10-5-15-32-22)19-11-13-28(14-12-19)25(31)20-8-4-9-21(16-20)27-24(30)18-6-2-1-3-7-18/h4-5,8-10,15-16,18-19H,1-3,6-7,11-14,17H2,(H,26,29)(H,27,30). The van der Waals surface area contributed by atoms with Crippen LogP contribution in [0.2, 0.25) is 0 Å². The highest BCUT2D eigenvalue weighted by atomic mass is 16.3. The van der Waals surface area contributed by atoms with Crippen molar-refractivity contribution in [3.05, 3.63) is 54.0 Å². The number of carbonyl (C=O) groups is 3. The van der Waals surface area contributed by atoms with Gasteiger partial charge in [-0.2, -0.15) is 0 Å². The molecule has 1 aromatic carbocycles. The summed E-state index contributed by atoms with van der Waals surface area (Å²) in [5, 5.41) is 5.89. The van der Waals surface area contributed by atoms with E-state index in [9.17, 15) is 14.4 Å². The number of piperidine rings is 1. The molecule has 0 radical (unpaired) electrons. The molecular weight excluding hydrogens is 406 g/mol. The van der Waals surface area contributed by atoms with E-state index in [1.165, 1.54) is 6.42 Å². The van der Waals surface area contributed by atoms with Gasteiger partial charge in [-0.25, -0.2) is 0 Å². The summed E-state index contributed by atoms with van der Waals surface area (Å²) >= 11 is 0. The van der Waals surface area contributed by atoms with Crippen LogP contribution in [0.3, 0.4) is 0 Å². The molecule has 1 aromatic heterocycles. The average molecular weight is 438 g/mol. The molecule has 170 valence electrons. The first-order valence-corrected chi connectivity index (χ1v) is 11.6. The number of nitrogens with zero attached hydrogens (tertiary/aromatic N) is 1. The van der Waals surface area contributed by atoms with E-state index in [-0.39, 0.29) is 29.6 Å². The van der Waals surface area contributed by atoms with Gasteiger partial charge in [-0.3, -0.25) is 14.4 Å². The Morgan fingerprint density at radius 2 is 1.66 bits per heavy atom. The number of rotatable bonds is 6. The van der Waals surface area contributed by atoms with Gasteiger partial charge in [0.25, 0.3) is 5.91 Å². The maximum absolute atomic E-state index is 13.0. The maximum Gasteiger partial charge on any atom is 0.253 e. The van der Waals surface area contributed by atoms with Gasteiger partial charge in [0.1, 0.15) is 5.76 Å². The zero-order valence-corrected chi connectivity index (χ0v) is 18.3. The van der Waals surface area contributed by atoms with Crippen molar-refractivity contribution in [1.29, 1.82) is 0 Å². The number of likely N-dealkylation sites (tertiary alicyclic amines) is 1. The number of furan rings is 1. The van der Waals surface area contributed by atoms with Crippen LogP contribution < -0.4 is 10.6 Å². The first kappa shape index (κ1) is 22.1. The molecule has 3 amide bonds. The van der Waals surface area contributed by atoms with Crippen LogP contribution in [-0.2, 0) is 16.1 Å². The maximum atomic E-state index is 13.0. The highest BCUT2D eigenvalue weighted by molar-refractivity contribution is 5.97. The Labute approximate surface area is 188 Å². The van der Waals surface area contributed by atoms with Crippen molar-refractivity contribution in [2.45, 2.75) is 51.5 Å². The number of carbonyl (C=O) groups excluding carboxylic acids is 3. The number of hydrogen-bond acceptors (Lipinski definition) is 4. The van der Waals surface area contributed by atoms with E-state index in [0.717, 1.165) is 31.4 Å². The lowest BCUT2D eigenvalue weighted by Gasteiger charge is -2.31. The molecule has 2 fully saturated rings. The molecule has 1 saturated heterocycles. The zero-order valence-electron chi connectivity index (χ0n) is 18.3. The minimum absolute atomic E-state index is 0.000853. The second-order valence-electron chi connectivity index (χ2n) is 8.77. The normalized spacial score (nSPS) is 17.7. The molecular formula is C25H31N3O4. The molecule has 2 aromatic rings. The number of anilines is 1. The fourth-order valence-corrected chi connectivity index (χ4v) is 4.60. The van der Waals surface area contributed by atoms with Gasteiger partial charge in [0.2, 0.25) is 11.8 Å². The summed E-state index contributed by atoms with van der Waals surface area (Å²) < 4.78 is 5.24. The Balaban J connectivity index is 1.27. The molecule has 2 N–H and O–H groups in total. The summed E-state index contributed by atoms with van der Waals surface area (Å²) in [5.41, 5.74) is 1.23. The predicted molar refractivity (Wildman–Crippen MR) is 121 cm³/mol. The minimum atomic E-state index is -0.102. The minimum Gasteiger partial charge on any atom is -0.467 e. The number of nitrogens with one attached hydrogen (secondary N) is 2. The van der Waals surface area contributed by atoms with E-state index in [2.05, 4.69) is 10.6 Å². The summed E-state index contributed by atoms with van der Waals surface area (Å²) in [6.07, 6.45) is 8.14. The Morgan fingerprint density at radius 3 is 2.38 bits per heavy atom. The first-order valence-electron chi connectivity index (χ1n) is 11.6. The van der Waals surface area contributed by atoms with Crippen LogP contribution >= 0.6 is 0 Å². The Hall–Kier alpha value is -3.09. The Kier molecular flexibility index (Phi) is 7.24. The van der Waals surface area contributed by atoms with Gasteiger partial charge in [0, 0.05) is 36.2 Å². The third-order valence-corrected chi connectivity index (χ3v) is 6.52. The summed E-state index contributed by atoms with van der Waals surface area (Å²) in [6, 6.07) is 10.8. The van der Waals surface area contributed by atoms with Gasteiger partial charge in [-0.05, 0) is 56.0 Å². The lowest BCUT2D eigenvalue weighted by atomic mass is 9.88. The molecule has 0 bridgehead atoms. The highest BCUT2D eigenvalue weighted by Crippen LogP contribution is 2.25. The fraction of sp³-hybridized carbons (Fsp3) is 0.480. The average Bonchev–Trinajstić information content (AvgIpc) is 3.37. The summed E-state index contributed by atoms with van der Waals surface area (Å²) in [7, 11) is 0. The molecule has 32 heavy (non-hydrogen) atoms. The number of benzene rings is 1. The van der Waals surface area contributed by atoms with Crippen molar-refractivity contribution in [2.75, 3.05) is 18.4 Å². The van der Waals surface area contributed by atoms with E-state index in [4.69, 9.17) is 4.42 Å². The van der Waals surface area contributed by atoms with Crippen LogP contribution in [0.25, 0.3) is 0 Å². The molecule has 0 atom stereocenters. The molecule has 2 heterocycles. The molecule has 0 spiro atoms. The molecule has 1 saturated carbocycles. The summed E-state index contributed by atoms with van der Waals surface area (Å²) in [6.45, 7) is 1.46. The smallest absolute Gasteiger partial charge is 0.253 e. The van der Waals surface area contributed by atoms with Crippen LogP contribution in [0.1, 0.15) is 61.1 Å². The molecule has 7 nitrogen and oxygen atoms in total. The van der Waals surface area contributed by atoms with Crippen LogP contribution in [0.15, 0.2) is 47.1 Å². The van der Waals surface area contributed by atoms with Crippen molar-refractivity contribution >= 4 is 23.4 Å². The lowest BCUT2D eigenvalue weighted by Crippen LogP contribution is -2.42. The van der Waals surface area contributed by atoms with Crippen LogP contribution in [0.5, 0.6) is 0 Å². The van der Waals surface area contributed by atoms with Crippen molar-refractivity contribution in [3.63, 3.8) is 0 Å². The topological polar surface area (TPSA) is 91.7 Å². The largest absolute Gasteiger partial charge is 0.467 e. The molecule has 1 aliphatic carbocycles. The van der Waals surface area contributed by atoms with E-state index in [1.807, 2.05) is 12.1 Å². The van der Waals surface area contributed by atoms with Gasteiger partial charge in [0.15, 0.2) is 0 Å². The molecule has 1 aliphatic heterocycles. The third-order valence-electron chi connectivity index (χ3n) is 6.52. The number of amides is 3. The SMILES string of the molecule is O=C(NCc1ccco1)C1CCN(C(=O)c2cccc(NC(=O)C3CCCCC3)c2)CC1. The van der Waals surface area contributed by atoms with E-state index in [0.29, 0.717) is 43.7 Å². The molecule has 0 unspecified atom stereocenters. The monoisotopic (exact) mass is 437 g/mol. The van der Waals surface area contributed by atoms with Crippen molar-refractivity contribution in [3.8, 4) is 0 Å². The van der Waals surface area contributed by atoms with Crippen molar-refractivity contribution < 1.29 is 18.8 Å². The molecule has 7 heteroatoms. The van der Waals surface area contributed by atoms with Crippen molar-refractivity contribution in [1.82, 2.24) is 10.2 Å². The van der Waals surface area contributed by atoms with Gasteiger partial charge < -0.3 is 20.0 Å². The summed E-state index contributed by atoms with van der Waals surface area (Å²) in [4.78, 5) is 39.7. The Bertz CT molecular complexity index is 926. The number of hydrogen-bond donors (Lipinski definition) is 2. The van der Waals surface area contributed by atoms with E-state index in [1.54, 1.807) is 35.4 Å². The quantitative estimate of drug-likeness (QED) is 0.715. The fourth-order valence-electron chi connectivity index (χ4n) is 4.60.